The first-order chi connectivity index (χ1) is 15.4. The van der Waals surface area contributed by atoms with E-state index in [9.17, 15) is 4.79 Å². The number of aryl methyl sites for hydroxylation is 2. The van der Waals surface area contributed by atoms with Crippen LogP contribution in [0.4, 0.5) is 0 Å². The maximum atomic E-state index is 13.4. The van der Waals surface area contributed by atoms with Crippen molar-refractivity contribution in [1.82, 2.24) is 24.7 Å². The number of fused-ring (bicyclic) bond motifs is 2. The molecule has 1 aromatic carbocycles. The fraction of sp³-hybridized carbons (Fsp3) is 0.136. The second kappa shape index (κ2) is 7.58. The maximum Gasteiger partial charge on any atom is 0.252 e. The van der Waals surface area contributed by atoms with Crippen LogP contribution in [0, 0.1) is 13.8 Å². The average molecular weight is 468 g/mol. The first-order valence-corrected chi connectivity index (χ1v) is 10.3. The molecule has 0 N–H and O–H groups in total. The molecule has 0 fully saturated rings. The number of nitrogens with zero attached hydrogens (tertiary/aromatic N) is 5. The Labute approximate surface area is 191 Å². The molecule has 0 aliphatic rings. The van der Waals surface area contributed by atoms with E-state index in [4.69, 9.17) is 32.4 Å². The van der Waals surface area contributed by atoms with E-state index < -0.39 is 5.43 Å². The molecule has 160 valence electrons. The summed E-state index contributed by atoms with van der Waals surface area (Å²) in [6.45, 7) is 3.76. The maximum absolute atomic E-state index is 13.4. The number of rotatable bonds is 3. The van der Waals surface area contributed by atoms with Crippen LogP contribution in [-0.4, -0.2) is 31.8 Å². The van der Waals surface area contributed by atoms with Crippen LogP contribution in [0.2, 0.25) is 10.0 Å². The van der Waals surface area contributed by atoms with Gasteiger partial charge in [-0.2, -0.15) is 5.10 Å². The Hall–Kier alpha value is -3.49. The number of hydrogen-bond acceptors (Lipinski definition) is 7. The van der Waals surface area contributed by atoms with Crippen LogP contribution in [0.15, 0.2) is 45.7 Å². The molecule has 4 heterocycles. The Morgan fingerprint density at radius 2 is 1.88 bits per heavy atom. The molecular weight excluding hydrogens is 453 g/mol. The summed E-state index contributed by atoms with van der Waals surface area (Å²) in [6.07, 6.45) is 1.51. The monoisotopic (exact) mass is 467 g/mol. The number of benzene rings is 1. The lowest BCUT2D eigenvalue weighted by atomic mass is 10.2. The van der Waals surface area contributed by atoms with Gasteiger partial charge in [-0.3, -0.25) is 4.79 Å². The molecule has 0 amide bonds. The van der Waals surface area contributed by atoms with Gasteiger partial charge in [0.2, 0.25) is 11.3 Å². The predicted molar refractivity (Wildman–Crippen MR) is 122 cm³/mol. The van der Waals surface area contributed by atoms with Crippen LogP contribution in [0.5, 0.6) is 5.88 Å². The van der Waals surface area contributed by atoms with Gasteiger partial charge in [0.25, 0.3) is 5.89 Å². The first-order valence-electron chi connectivity index (χ1n) is 9.53. The number of oxazole rings is 1. The molecule has 0 bridgehead atoms. The van der Waals surface area contributed by atoms with Crippen LogP contribution in [-0.2, 0) is 0 Å². The number of hydrogen-bond donors (Lipinski definition) is 0. The molecular formula is C22H15Cl2N5O3. The molecule has 0 saturated carbocycles. The standard InChI is InChI=1S/C22H15Cl2N5O3/c1-10-6-16-19(26-11(10)2)21(30)20(28-29(16)12-4-5-13(23)14(24)7-12)22-27-15-9-25-18(31-3)8-17(15)32-22/h4-9H,1-3H3. The minimum atomic E-state index is -0.397. The summed E-state index contributed by atoms with van der Waals surface area (Å²) in [6, 6.07) is 8.54. The summed E-state index contributed by atoms with van der Waals surface area (Å²) >= 11 is 12.3. The van der Waals surface area contributed by atoms with Crippen molar-refractivity contribution in [2.24, 2.45) is 0 Å². The quantitative estimate of drug-likeness (QED) is 0.371. The van der Waals surface area contributed by atoms with Crippen molar-refractivity contribution in [3.05, 3.63) is 68.1 Å². The summed E-state index contributed by atoms with van der Waals surface area (Å²) in [4.78, 5) is 26.4. The number of halogens is 2. The van der Waals surface area contributed by atoms with Gasteiger partial charge in [-0.15, -0.1) is 0 Å². The lowest BCUT2D eigenvalue weighted by Gasteiger charge is -2.13. The van der Waals surface area contributed by atoms with Crippen molar-refractivity contribution in [1.29, 1.82) is 0 Å². The predicted octanol–water partition coefficient (Wildman–Crippen LogP) is 4.92. The van der Waals surface area contributed by atoms with Gasteiger partial charge in [-0.25, -0.2) is 19.6 Å². The SMILES string of the molecule is COc1cc2oc(-c3nn(-c4ccc(Cl)c(Cl)c4)c4cc(C)c(C)nc4c3=O)nc2cn1. The van der Waals surface area contributed by atoms with Gasteiger partial charge in [0.15, 0.2) is 11.3 Å². The highest BCUT2D eigenvalue weighted by Crippen LogP contribution is 2.28. The molecule has 10 heteroatoms. The fourth-order valence-corrected chi connectivity index (χ4v) is 3.60. The van der Waals surface area contributed by atoms with E-state index >= 15 is 0 Å². The van der Waals surface area contributed by atoms with Gasteiger partial charge < -0.3 is 9.15 Å². The highest BCUT2D eigenvalue weighted by molar-refractivity contribution is 6.42. The summed E-state index contributed by atoms with van der Waals surface area (Å²) < 4.78 is 12.5. The Morgan fingerprint density at radius 1 is 1.06 bits per heavy atom. The zero-order valence-corrected chi connectivity index (χ0v) is 18.7. The molecule has 0 atom stereocenters. The molecule has 8 nitrogen and oxygen atoms in total. The zero-order chi connectivity index (χ0) is 22.6. The highest BCUT2D eigenvalue weighted by Gasteiger charge is 2.21. The number of pyridine rings is 2. The first kappa shape index (κ1) is 20.4. The topological polar surface area (TPSA) is 95.9 Å². The third-order valence-electron chi connectivity index (χ3n) is 5.11. The molecule has 5 aromatic rings. The van der Waals surface area contributed by atoms with Crippen molar-refractivity contribution in [2.45, 2.75) is 13.8 Å². The molecule has 32 heavy (non-hydrogen) atoms. The Bertz CT molecular complexity index is 1590. The Kier molecular flexibility index (Phi) is 4.83. The van der Waals surface area contributed by atoms with Crippen LogP contribution < -0.4 is 10.2 Å². The number of aromatic nitrogens is 5. The minimum Gasteiger partial charge on any atom is -0.481 e. The van der Waals surface area contributed by atoms with Gasteiger partial charge in [0.05, 0.1) is 34.6 Å². The third-order valence-corrected chi connectivity index (χ3v) is 5.85. The lowest BCUT2D eigenvalue weighted by molar-refractivity contribution is 0.398. The van der Waals surface area contributed by atoms with Gasteiger partial charge in [-0.1, -0.05) is 23.2 Å². The molecule has 4 aromatic heterocycles. The van der Waals surface area contributed by atoms with Crippen molar-refractivity contribution in [3.63, 3.8) is 0 Å². The molecule has 0 aliphatic carbocycles. The average Bonchev–Trinajstić information content (AvgIpc) is 3.20. The van der Waals surface area contributed by atoms with Crippen LogP contribution in [0.1, 0.15) is 11.3 Å². The highest BCUT2D eigenvalue weighted by atomic mass is 35.5. The van der Waals surface area contributed by atoms with Crippen LogP contribution in [0.25, 0.3) is 39.4 Å². The smallest absolute Gasteiger partial charge is 0.252 e. The van der Waals surface area contributed by atoms with Gasteiger partial charge in [0.1, 0.15) is 11.0 Å². The fourth-order valence-electron chi connectivity index (χ4n) is 3.31. The second-order valence-electron chi connectivity index (χ2n) is 7.16. The summed E-state index contributed by atoms with van der Waals surface area (Å²) in [5.74, 6) is 0.420. The van der Waals surface area contributed by atoms with Crippen LogP contribution >= 0.6 is 23.2 Å². The number of methoxy groups -OCH3 is 1. The molecule has 0 spiro atoms. The zero-order valence-electron chi connectivity index (χ0n) is 17.2. The van der Waals surface area contributed by atoms with Crippen molar-refractivity contribution in [2.75, 3.05) is 7.11 Å². The van der Waals surface area contributed by atoms with E-state index in [0.717, 1.165) is 11.3 Å². The summed E-state index contributed by atoms with van der Waals surface area (Å²) in [5.41, 5.74) is 3.52. The van der Waals surface area contributed by atoms with Gasteiger partial charge in [-0.05, 0) is 43.7 Å². The molecule has 0 saturated heterocycles. The van der Waals surface area contributed by atoms with E-state index in [0.29, 0.717) is 38.2 Å². The van der Waals surface area contributed by atoms with E-state index in [1.807, 2.05) is 19.9 Å². The lowest BCUT2D eigenvalue weighted by Crippen LogP contribution is -2.17. The third kappa shape index (κ3) is 3.28. The molecule has 0 unspecified atom stereocenters. The van der Waals surface area contributed by atoms with Gasteiger partial charge >= 0.3 is 0 Å². The van der Waals surface area contributed by atoms with Crippen molar-refractivity contribution in [3.8, 4) is 23.2 Å². The number of ether oxygens (including phenoxy) is 1. The largest absolute Gasteiger partial charge is 0.481 e. The minimum absolute atomic E-state index is 0.00879. The van der Waals surface area contributed by atoms with Crippen LogP contribution in [0.3, 0.4) is 0 Å². The van der Waals surface area contributed by atoms with E-state index in [2.05, 4.69) is 20.1 Å². The van der Waals surface area contributed by atoms with Gasteiger partial charge in [0, 0.05) is 11.8 Å². The van der Waals surface area contributed by atoms with E-state index in [-0.39, 0.29) is 17.1 Å². The normalized spacial score (nSPS) is 11.4. The van der Waals surface area contributed by atoms with E-state index in [1.54, 1.807) is 28.9 Å². The summed E-state index contributed by atoms with van der Waals surface area (Å²) in [7, 11) is 1.50. The molecule has 5 rings (SSSR count). The van der Waals surface area contributed by atoms with E-state index in [1.165, 1.54) is 13.3 Å². The summed E-state index contributed by atoms with van der Waals surface area (Å²) in [5, 5.41) is 5.34. The molecule has 0 radical (unpaired) electrons. The molecule has 0 aliphatic heterocycles. The Balaban J connectivity index is 1.84. The van der Waals surface area contributed by atoms with Crippen molar-refractivity contribution >= 4 is 45.3 Å². The second-order valence-corrected chi connectivity index (χ2v) is 7.97. The van der Waals surface area contributed by atoms with Crippen molar-refractivity contribution < 1.29 is 9.15 Å². The Morgan fingerprint density at radius 3 is 2.62 bits per heavy atom.